The van der Waals surface area contributed by atoms with Crippen molar-refractivity contribution in [2.45, 2.75) is 51.3 Å². The predicted octanol–water partition coefficient (Wildman–Crippen LogP) is 2.66. The van der Waals surface area contributed by atoms with Gasteiger partial charge in [-0.1, -0.05) is 18.9 Å². The Labute approximate surface area is 121 Å². The molecule has 1 aliphatic heterocycles. The highest BCUT2D eigenvalue weighted by atomic mass is 16.5. The number of rotatable bonds is 4. The highest BCUT2D eigenvalue weighted by molar-refractivity contribution is 5.35. The first-order valence-electron chi connectivity index (χ1n) is 7.91. The van der Waals surface area contributed by atoms with E-state index in [-0.39, 0.29) is 0 Å². The highest BCUT2D eigenvalue weighted by Gasteiger charge is 2.33. The Kier molecular flexibility index (Phi) is 4.53. The van der Waals surface area contributed by atoms with E-state index in [1.54, 1.807) is 0 Å². The van der Waals surface area contributed by atoms with Gasteiger partial charge in [0.25, 0.3) is 0 Å². The molecule has 0 bridgehead atoms. The molecule has 0 radical (unpaired) electrons. The number of anilines is 1. The van der Waals surface area contributed by atoms with Gasteiger partial charge in [0.1, 0.15) is 5.82 Å². The van der Waals surface area contributed by atoms with Gasteiger partial charge in [0.05, 0.1) is 12.7 Å². The summed E-state index contributed by atoms with van der Waals surface area (Å²) in [5, 5.41) is 3.24. The second-order valence-electron chi connectivity index (χ2n) is 5.81. The molecule has 3 rings (SSSR count). The molecule has 2 heterocycles. The monoisotopic (exact) mass is 275 g/mol. The molecule has 1 saturated carbocycles. The number of fused-ring (bicyclic) bond motifs is 1. The molecule has 2 atom stereocenters. The smallest absolute Gasteiger partial charge is 0.125 e. The van der Waals surface area contributed by atoms with Crippen LogP contribution in [0.5, 0.6) is 0 Å². The molecule has 1 aliphatic carbocycles. The molecular formula is C16H25N3O. The summed E-state index contributed by atoms with van der Waals surface area (Å²) in [6.07, 6.45) is 7.66. The van der Waals surface area contributed by atoms with Crippen molar-refractivity contribution in [3.05, 3.63) is 23.9 Å². The fourth-order valence-corrected chi connectivity index (χ4v) is 3.41. The van der Waals surface area contributed by atoms with Crippen molar-refractivity contribution < 1.29 is 4.74 Å². The maximum atomic E-state index is 5.93. The van der Waals surface area contributed by atoms with E-state index >= 15 is 0 Å². The van der Waals surface area contributed by atoms with Crippen molar-refractivity contribution in [2.75, 3.05) is 25.0 Å². The molecule has 0 amide bonds. The lowest BCUT2D eigenvalue weighted by Crippen LogP contribution is -2.52. The average Bonchev–Trinajstić information content (AvgIpc) is 2.50. The predicted molar refractivity (Wildman–Crippen MR) is 80.8 cm³/mol. The van der Waals surface area contributed by atoms with Gasteiger partial charge >= 0.3 is 0 Å². The fraction of sp³-hybridized carbons (Fsp3) is 0.688. The van der Waals surface area contributed by atoms with Gasteiger partial charge in [-0.05, 0) is 31.4 Å². The molecule has 2 fully saturated rings. The van der Waals surface area contributed by atoms with E-state index in [1.807, 2.05) is 6.20 Å². The molecule has 1 aromatic rings. The summed E-state index contributed by atoms with van der Waals surface area (Å²) in [5.74, 6) is 0.966. The van der Waals surface area contributed by atoms with Crippen molar-refractivity contribution in [3.8, 4) is 0 Å². The SMILES string of the molecule is CCNc1ccc(CN2CCOC3CCCCC32)cn1. The minimum atomic E-state index is 0.464. The van der Waals surface area contributed by atoms with Crippen LogP contribution in [0.2, 0.25) is 0 Å². The Morgan fingerprint density at radius 3 is 3.05 bits per heavy atom. The van der Waals surface area contributed by atoms with Gasteiger partial charge in [0.15, 0.2) is 0 Å². The minimum Gasteiger partial charge on any atom is -0.375 e. The van der Waals surface area contributed by atoms with Gasteiger partial charge in [-0.25, -0.2) is 4.98 Å². The van der Waals surface area contributed by atoms with E-state index in [0.29, 0.717) is 12.1 Å². The van der Waals surface area contributed by atoms with Crippen molar-refractivity contribution >= 4 is 5.82 Å². The van der Waals surface area contributed by atoms with Crippen LogP contribution in [-0.2, 0) is 11.3 Å². The van der Waals surface area contributed by atoms with Crippen LogP contribution in [0.15, 0.2) is 18.3 Å². The number of aromatic nitrogens is 1. The number of hydrogen-bond acceptors (Lipinski definition) is 4. The third kappa shape index (κ3) is 3.13. The van der Waals surface area contributed by atoms with Crippen molar-refractivity contribution in [3.63, 3.8) is 0 Å². The summed E-state index contributed by atoms with van der Waals surface area (Å²) in [6, 6.07) is 4.89. The summed E-state index contributed by atoms with van der Waals surface area (Å²) in [6.45, 7) is 5.94. The van der Waals surface area contributed by atoms with Crippen molar-refractivity contribution in [2.24, 2.45) is 0 Å². The maximum absolute atomic E-state index is 5.93. The zero-order chi connectivity index (χ0) is 13.8. The van der Waals surface area contributed by atoms with Crippen LogP contribution in [0, 0.1) is 0 Å². The number of ether oxygens (including phenoxy) is 1. The molecule has 4 heteroatoms. The Hall–Kier alpha value is -1.13. The Morgan fingerprint density at radius 2 is 2.25 bits per heavy atom. The first-order chi connectivity index (χ1) is 9.86. The molecule has 1 N–H and O–H groups in total. The second kappa shape index (κ2) is 6.55. The van der Waals surface area contributed by atoms with E-state index in [2.05, 4.69) is 34.3 Å². The van der Waals surface area contributed by atoms with Gasteiger partial charge in [-0.3, -0.25) is 4.90 Å². The minimum absolute atomic E-state index is 0.464. The molecule has 1 saturated heterocycles. The third-order valence-corrected chi connectivity index (χ3v) is 4.42. The van der Waals surface area contributed by atoms with E-state index in [0.717, 1.165) is 32.1 Å². The summed E-state index contributed by atoms with van der Waals surface area (Å²) in [7, 11) is 0. The van der Waals surface area contributed by atoms with E-state index in [1.165, 1.54) is 31.2 Å². The third-order valence-electron chi connectivity index (χ3n) is 4.42. The molecule has 1 aromatic heterocycles. The first-order valence-corrected chi connectivity index (χ1v) is 7.91. The van der Waals surface area contributed by atoms with Gasteiger partial charge < -0.3 is 10.1 Å². The highest BCUT2D eigenvalue weighted by Crippen LogP contribution is 2.29. The maximum Gasteiger partial charge on any atom is 0.125 e. The van der Waals surface area contributed by atoms with E-state index in [9.17, 15) is 0 Å². The zero-order valence-corrected chi connectivity index (χ0v) is 12.3. The van der Waals surface area contributed by atoms with Crippen LogP contribution in [0.4, 0.5) is 5.82 Å². The molecule has 2 unspecified atom stereocenters. The molecule has 0 spiro atoms. The van der Waals surface area contributed by atoms with Crippen LogP contribution in [0.25, 0.3) is 0 Å². The molecule has 2 aliphatic rings. The largest absolute Gasteiger partial charge is 0.375 e. The van der Waals surface area contributed by atoms with Crippen LogP contribution in [0.1, 0.15) is 38.2 Å². The van der Waals surface area contributed by atoms with Crippen LogP contribution < -0.4 is 5.32 Å². The molecular weight excluding hydrogens is 250 g/mol. The van der Waals surface area contributed by atoms with E-state index < -0.39 is 0 Å². The molecule has 110 valence electrons. The average molecular weight is 275 g/mol. The quantitative estimate of drug-likeness (QED) is 0.916. The summed E-state index contributed by atoms with van der Waals surface area (Å²) < 4.78 is 5.93. The lowest BCUT2D eigenvalue weighted by atomic mass is 9.90. The standard InChI is InChI=1S/C16H25N3O/c1-2-17-16-8-7-13(11-18-16)12-19-9-10-20-15-6-4-3-5-14(15)19/h7-8,11,14-15H,2-6,9-10,12H2,1H3,(H,17,18). The van der Waals surface area contributed by atoms with Gasteiger partial charge in [0.2, 0.25) is 0 Å². The normalized spacial score (nSPS) is 27.1. The number of morpholine rings is 1. The second-order valence-corrected chi connectivity index (χ2v) is 5.81. The summed E-state index contributed by atoms with van der Waals surface area (Å²) >= 11 is 0. The van der Waals surface area contributed by atoms with E-state index in [4.69, 9.17) is 4.74 Å². The molecule has 4 nitrogen and oxygen atoms in total. The first kappa shape index (κ1) is 13.8. The Bertz CT molecular complexity index is 418. The molecule has 0 aromatic carbocycles. The topological polar surface area (TPSA) is 37.4 Å². The van der Waals surface area contributed by atoms with Crippen LogP contribution >= 0.6 is 0 Å². The van der Waals surface area contributed by atoms with Crippen molar-refractivity contribution in [1.82, 2.24) is 9.88 Å². The lowest BCUT2D eigenvalue weighted by Gasteiger charge is -2.43. The number of nitrogens with zero attached hydrogens (tertiary/aromatic N) is 2. The van der Waals surface area contributed by atoms with Crippen LogP contribution in [0.3, 0.4) is 0 Å². The zero-order valence-electron chi connectivity index (χ0n) is 12.3. The van der Waals surface area contributed by atoms with Gasteiger partial charge in [-0.15, -0.1) is 0 Å². The Morgan fingerprint density at radius 1 is 1.35 bits per heavy atom. The molecule has 20 heavy (non-hydrogen) atoms. The Balaban J connectivity index is 1.63. The van der Waals surface area contributed by atoms with Crippen LogP contribution in [-0.4, -0.2) is 41.7 Å². The number of nitrogens with one attached hydrogen (secondary N) is 1. The number of pyridine rings is 1. The summed E-state index contributed by atoms with van der Waals surface area (Å²) in [5.41, 5.74) is 1.30. The van der Waals surface area contributed by atoms with Gasteiger partial charge in [-0.2, -0.15) is 0 Å². The van der Waals surface area contributed by atoms with Crippen molar-refractivity contribution in [1.29, 1.82) is 0 Å². The van der Waals surface area contributed by atoms with Gasteiger partial charge in [0, 0.05) is 31.9 Å². The summed E-state index contributed by atoms with van der Waals surface area (Å²) in [4.78, 5) is 7.06. The fourth-order valence-electron chi connectivity index (χ4n) is 3.41. The lowest BCUT2D eigenvalue weighted by molar-refractivity contribution is -0.0911. The number of hydrogen-bond donors (Lipinski definition) is 1.